The van der Waals surface area contributed by atoms with Crippen molar-refractivity contribution in [2.75, 3.05) is 18.5 Å². The van der Waals surface area contributed by atoms with Gasteiger partial charge >= 0.3 is 0 Å². The monoisotopic (exact) mass is 308 g/mol. The molecule has 5 nitrogen and oxygen atoms in total. The van der Waals surface area contributed by atoms with Crippen LogP contribution in [-0.2, 0) is 0 Å². The molecule has 2 aromatic heterocycles. The second kappa shape index (κ2) is 7.05. The lowest BCUT2D eigenvalue weighted by Crippen LogP contribution is -2.10. The van der Waals surface area contributed by atoms with Crippen LogP contribution in [0.5, 0.6) is 5.75 Å². The second-order valence-corrected chi connectivity index (χ2v) is 5.41. The third-order valence-electron chi connectivity index (χ3n) is 3.54. The minimum atomic E-state index is 0.626. The molecule has 0 atom stereocenters. The Morgan fingerprint density at radius 1 is 1.09 bits per heavy atom. The Labute approximate surface area is 135 Å². The molecule has 0 radical (unpaired) electrons. The highest BCUT2D eigenvalue weighted by Gasteiger charge is 2.03. The van der Waals surface area contributed by atoms with Crippen LogP contribution in [0.2, 0.25) is 0 Å². The summed E-state index contributed by atoms with van der Waals surface area (Å²) in [6.07, 6.45) is 4.44. The molecule has 0 unspecified atom stereocenters. The summed E-state index contributed by atoms with van der Waals surface area (Å²) in [4.78, 5) is 13.1. The molecule has 0 saturated heterocycles. The summed E-state index contributed by atoms with van der Waals surface area (Å²) in [5.41, 5.74) is 2.73. The van der Waals surface area contributed by atoms with Crippen LogP contribution in [0, 0.1) is 13.8 Å². The van der Waals surface area contributed by atoms with Crippen LogP contribution < -0.4 is 10.1 Å². The molecule has 0 bridgehead atoms. The fourth-order valence-electron chi connectivity index (χ4n) is 2.36. The van der Waals surface area contributed by atoms with E-state index in [4.69, 9.17) is 4.74 Å². The molecule has 0 aliphatic rings. The molecule has 0 fully saturated rings. The SMILES string of the molecule is Cc1cnc(C)c(NCCCOc2cccc3cccnc23)n1. The first kappa shape index (κ1) is 15.2. The van der Waals surface area contributed by atoms with E-state index in [-0.39, 0.29) is 0 Å². The third kappa shape index (κ3) is 3.74. The van der Waals surface area contributed by atoms with Crippen LogP contribution >= 0.6 is 0 Å². The fourth-order valence-corrected chi connectivity index (χ4v) is 2.36. The molecule has 0 aliphatic carbocycles. The lowest BCUT2D eigenvalue weighted by molar-refractivity contribution is 0.318. The zero-order valence-corrected chi connectivity index (χ0v) is 13.4. The van der Waals surface area contributed by atoms with Gasteiger partial charge in [-0.25, -0.2) is 4.98 Å². The van der Waals surface area contributed by atoms with Crippen molar-refractivity contribution in [3.63, 3.8) is 0 Å². The maximum atomic E-state index is 5.87. The number of nitrogens with zero attached hydrogens (tertiary/aromatic N) is 3. The number of hydrogen-bond acceptors (Lipinski definition) is 5. The van der Waals surface area contributed by atoms with Crippen molar-refractivity contribution in [2.24, 2.45) is 0 Å². The average molecular weight is 308 g/mol. The highest BCUT2D eigenvalue weighted by molar-refractivity contribution is 5.84. The highest BCUT2D eigenvalue weighted by atomic mass is 16.5. The molecular formula is C18H20N4O. The molecule has 0 amide bonds. The zero-order chi connectivity index (χ0) is 16.1. The second-order valence-electron chi connectivity index (χ2n) is 5.41. The molecule has 5 heteroatoms. The predicted octanol–water partition coefficient (Wildman–Crippen LogP) is 3.52. The number of benzene rings is 1. The quantitative estimate of drug-likeness (QED) is 0.706. The lowest BCUT2D eigenvalue weighted by atomic mass is 10.2. The van der Waals surface area contributed by atoms with Gasteiger partial charge in [0, 0.05) is 24.3 Å². The topological polar surface area (TPSA) is 59.9 Å². The van der Waals surface area contributed by atoms with Crippen LogP contribution in [0.4, 0.5) is 5.82 Å². The van der Waals surface area contributed by atoms with Gasteiger partial charge in [-0.1, -0.05) is 18.2 Å². The Bertz CT molecular complexity index is 799. The van der Waals surface area contributed by atoms with E-state index in [0.29, 0.717) is 6.61 Å². The summed E-state index contributed by atoms with van der Waals surface area (Å²) in [5, 5.41) is 4.40. The number of aryl methyl sites for hydroxylation is 2. The highest BCUT2D eigenvalue weighted by Crippen LogP contribution is 2.22. The normalized spacial score (nSPS) is 10.7. The summed E-state index contributed by atoms with van der Waals surface area (Å²) < 4.78 is 5.87. The van der Waals surface area contributed by atoms with Crippen LogP contribution in [0.25, 0.3) is 10.9 Å². The average Bonchev–Trinajstić information content (AvgIpc) is 2.57. The van der Waals surface area contributed by atoms with Gasteiger partial charge in [-0.2, -0.15) is 0 Å². The van der Waals surface area contributed by atoms with E-state index >= 15 is 0 Å². The first-order chi connectivity index (χ1) is 11.2. The number of fused-ring (bicyclic) bond motifs is 1. The Hall–Kier alpha value is -2.69. The van der Waals surface area contributed by atoms with Crippen LogP contribution in [-0.4, -0.2) is 28.1 Å². The number of rotatable bonds is 6. The van der Waals surface area contributed by atoms with Crippen LogP contribution in [0.3, 0.4) is 0 Å². The Balaban J connectivity index is 1.52. The smallest absolute Gasteiger partial charge is 0.147 e. The first-order valence-corrected chi connectivity index (χ1v) is 7.75. The van der Waals surface area contributed by atoms with Gasteiger partial charge < -0.3 is 10.1 Å². The van der Waals surface area contributed by atoms with Crippen molar-refractivity contribution >= 4 is 16.7 Å². The van der Waals surface area contributed by atoms with E-state index in [9.17, 15) is 0 Å². The van der Waals surface area contributed by atoms with Crippen molar-refractivity contribution in [3.05, 3.63) is 54.1 Å². The number of anilines is 1. The Morgan fingerprint density at radius 2 is 1.96 bits per heavy atom. The van der Waals surface area contributed by atoms with Gasteiger partial charge in [0.2, 0.25) is 0 Å². The van der Waals surface area contributed by atoms with Crippen LogP contribution in [0.15, 0.2) is 42.7 Å². The minimum Gasteiger partial charge on any atom is -0.491 e. The number of aromatic nitrogens is 3. The van der Waals surface area contributed by atoms with E-state index in [1.54, 1.807) is 12.4 Å². The van der Waals surface area contributed by atoms with Gasteiger partial charge in [-0.3, -0.25) is 9.97 Å². The van der Waals surface area contributed by atoms with Crippen molar-refractivity contribution in [2.45, 2.75) is 20.3 Å². The molecule has 0 spiro atoms. The summed E-state index contributed by atoms with van der Waals surface area (Å²) in [6, 6.07) is 9.95. The predicted molar refractivity (Wildman–Crippen MR) is 91.9 cm³/mol. The molecule has 0 saturated carbocycles. The maximum absolute atomic E-state index is 5.87. The summed E-state index contributed by atoms with van der Waals surface area (Å²) in [7, 11) is 0. The molecule has 1 N–H and O–H groups in total. The molecular weight excluding hydrogens is 288 g/mol. The number of nitrogens with one attached hydrogen (secondary N) is 1. The molecule has 3 rings (SSSR count). The number of ether oxygens (including phenoxy) is 1. The third-order valence-corrected chi connectivity index (χ3v) is 3.54. The van der Waals surface area contributed by atoms with E-state index in [1.807, 2.05) is 44.2 Å². The van der Waals surface area contributed by atoms with Crippen molar-refractivity contribution in [3.8, 4) is 5.75 Å². The first-order valence-electron chi connectivity index (χ1n) is 7.75. The van der Waals surface area contributed by atoms with Crippen LogP contribution in [0.1, 0.15) is 17.8 Å². The van der Waals surface area contributed by atoms with Crippen molar-refractivity contribution < 1.29 is 4.74 Å². The summed E-state index contributed by atoms with van der Waals surface area (Å²) in [5.74, 6) is 1.67. The molecule has 0 aliphatic heterocycles. The van der Waals surface area contributed by atoms with Crippen molar-refractivity contribution in [1.82, 2.24) is 15.0 Å². The fraction of sp³-hybridized carbons (Fsp3) is 0.278. The van der Waals surface area contributed by atoms with Gasteiger partial charge in [0.15, 0.2) is 0 Å². The van der Waals surface area contributed by atoms with Gasteiger partial charge in [0.1, 0.15) is 17.1 Å². The molecule has 1 aromatic carbocycles. The van der Waals surface area contributed by atoms with E-state index in [0.717, 1.165) is 46.8 Å². The molecule has 2 heterocycles. The molecule has 23 heavy (non-hydrogen) atoms. The lowest BCUT2D eigenvalue weighted by Gasteiger charge is -2.10. The zero-order valence-electron chi connectivity index (χ0n) is 13.4. The van der Waals surface area contributed by atoms with Gasteiger partial charge in [0.05, 0.1) is 18.0 Å². The summed E-state index contributed by atoms with van der Waals surface area (Å²) >= 11 is 0. The number of para-hydroxylation sites is 1. The number of hydrogen-bond donors (Lipinski definition) is 1. The molecule has 118 valence electrons. The van der Waals surface area contributed by atoms with Gasteiger partial charge in [-0.15, -0.1) is 0 Å². The Kier molecular flexibility index (Phi) is 4.66. The minimum absolute atomic E-state index is 0.626. The van der Waals surface area contributed by atoms with E-state index < -0.39 is 0 Å². The largest absolute Gasteiger partial charge is 0.491 e. The maximum Gasteiger partial charge on any atom is 0.147 e. The van der Waals surface area contributed by atoms with E-state index in [2.05, 4.69) is 20.3 Å². The Morgan fingerprint density at radius 3 is 2.87 bits per heavy atom. The summed E-state index contributed by atoms with van der Waals surface area (Å²) in [6.45, 7) is 5.31. The van der Waals surface area contributed by atoms with E-state index in [1.165, 1.54) is 0 Å². The van der Waals surface area contributed by atoms with Crippen molar-refractivity contribution in [1.29, 1.82) is 0 Å². The standard InChI is InChI=1S/C18H20N4O/c1-13-12-21-14(2)18(22-13)20-10-5-11-23-16-8-3-6-15-7-4-9-19-17(15)16/h3-4,6-9,12H,5,10-11H2,1-2H3,(H,20,22). The molecule has 3 aromatic rings. The number of pyridine rings is 1. The van der Waals surface area contributed by atoms with Gasteiger partial charge in [0.25, 0.3) is 0 Å². The van der Waals surface area contributed by atoms with Gasteiger partial charge in [-0.05, 0) is 32.4 Å².